The Balaban J connectivity index is 1.78. The van der Waals surface area contributed by atoms with Gasteiger partial charge >= 0.3 is 0 Å². The van der Waals surface area contributed by atoms with Gasteiger partial charge in [0.05, 0.1) is 23.0 Å². The molecule has 1 aromatic carbocycles. The molecule has 114 valence electrons. The zero-order valence-electron chi connectivity index (χ0n) is 12.3. The first-order valence-corrected chi connectivity index (χ1v) is 7.78. The highest BCUT2D eigenvalue weighted by Gasteiger charge is 2.18. The summed E-state index contributed by atoms with van der Waals surface area (Å²) < 4.78 is 1.67. The third-order valence-corrected chi connectivity index (χ3v) is 3.99. The topological polar surface area (TPSA) is 83.6 Å². The SMILES string of the molecule is Cc1nc(C(=O)N[C@@H](C#N)c2cnn(-c3ccccc3)c2)cs1. The Morgan fingerprint density at radius 3 is 2.83 bits per heavy atom. The van der Waals surface area contributed by atoms with Gasteiger partial charge in [-0.1, -0.05) is 18.2 Å². The van der Waals surface area contributed by atoms with Crippen LogP contribution in [0, 0.1) is 18.3 Å². The molecule has 0 aliphatic carbocycles. The summed E-state index contributed by atoms with van der Waals surface area (Å²) in [5, 5.41) is 18.7. The Hall–Kier alpha value is -2.98. The van der Waals surface area contributed by atoms with Crippen LogP contribution in [0.4, 0.5) is 0 Å². The van der Waals surface area contributed by atoms with Crippen LogP contribution in [0.25, 0.3) is 5.69 Å². The van der Waals surface area contributed by atoms with Crippen molar-refractivity contribution in [1.82, 2.24) is 20.1 Å². The van der Waals surface area contributed by atoms with E-state index in [-0.39, 0.29) is 5.91 Å². The van der Waals surface area contributed by atoms with E-state index < -0.39 is 6.04 Å². The number of benzene rings is 1. The normalized spacial score (nSPS) is 11.7. The molecule has 1 amide bonds. The highest BCUT2D eigenvalue weighted by molar-refractivity contribution is 7.09. The van der Waals surface area contributed by atoms with E-state index in [1.807, 2.05) is 37.3 Å². The van der Waals surface area contributed by atoms with Gasteiger partial charge in [-0.05, 0) is 19.1 Å². The second-order valence-corrected chi connectivity index (χ2v) is 5.90. The number of carbonyl (C=O) groups excluding carboxylic acids is 1. The first-order valence-electron chi connectivity index (χ1n) is 6.90. The van der Waals surface area contributed by atoms with Crippen LogP contribution in [0.1, 0.15) is 27.1 Å². The molecule has 1 N–H and O–H groups in total. The number of nitrogens with zero attached hydrogens (tertiary/aromatic N) is 4. The van der Waals surface area contributed by atoms with Crippen LogP contribution < -0.4 is 5.32 Å². The number of nitrogens with one attached hydrogen (secondary N) is 1. The monoisotopic (exact) mass is 323 g/mol. The summed E-state index contributed by atoms with van der Waals surface area (Å²) in [6, 6.07) is 10.9. The van der Waals surface area contributed by atoms with Crippen LogP contribution in [0.5, 0.6) is 0 Å². The van der Waals surface area contributed by atoms with Crippen molar-refractivity contribution >= 4 is 17.2 Å². The largest absolute Gasteiger partial charge is 0.331 e. The molecule has 3 aromatic rings. The fourth-order valence-corrected chi connectivity index (χ4v) is 2.66. The minimum Gasteiger partial charge on any atom is -0.331 e. The van der Waals surface area contributed by atoms with Crippen LogP contribution in [-0.2, 0) is 0 Å². The maximum absolute atomic E-state index is 12.1. The van der Waals surface area contributed by atoms with Crippen molar-refractivity contribution in [3.05, 3.63) is 64.4 Å². The molecule has 1 atom stereocenters. The van der Waals surface area contributed by atoms with Crippen molar-refractivity contribution in [3.8, 4) is 11.8 Å². The van der Waals surface area contributed by atoms with Crippen molar-refractivity contribution in [2.45, 2.75) is 13.0 Å². The molecule has 0 unspecified atom stereocenters. The molecular weight excluding hydrogens is 310 g/mol. The van der Waals surface area contributed by atoms with E-state index in [1.54, 1.807) is 22.5 Å². The number of nitriles is 1. The summed E-state index contributed by atoms with van der Waals surface area (Å²) in [4.78, 5) is 16.3. The van der Waals surface area contributed by atoms with E-state index in [0.717, 1.165) is 10.7 Å². The lowest BCUT2D eigenvalue weighted by Gasteiger charge is -2.08. The predicted molar refractivity (Wildman–Crippen MR) is 86.2 cm³/mol. The minimum absolute atomic E-state index is 0.322. The summed E-state index contributed by atoms with van der Waals surface area (Å²) in [7, 11) is 0. The molecule has 23 heavy (non-hydrogen) atoms. The van der Waals surface area contributed by atoms with Gasteiger partial charge in [0.25, 0.3) is 5.91 Å². The predicted octanol–water partition coefficient (Wildman–Crippen LogP) is 2.63. The second kappa shape index (κ2) is 6.42. The van der Waals surface area contributed by atoms with Gasteiger partial charge in [-0.15, -0.1) is 11.3 Å². The molecule has 6 nitrogen and oxygen atoms in total. The van der Waals surface area contributed by atoms with Crippen LogP contribution in [0.15, 0.2) is 48.1 Å². The molecule has 0 radical (unpaired) electrons. The van der Waals surface area contributed by atoms with E-state index in [2.05, 4.69) is 21.5 Å². The molecular formula is C16H13N5OS. The first kappa shape index (κ1) is 14.9. The minimum atomic E-state index is -0.776. The number of rotatable bonds is 4. The molecule has 0 fully saturated rings. The fourth-order valence-electron chi connectivity index (χ4n) is 2.07. The third kappa shape index (κ3) is 3.27. The molecule has 0 aliphatic heterocycles. The van der Waals surface area contributed by atoms with Crippen LogP contribution in [0.2, 0.25) is 0 Å². The van der Waals surface area contributed by atoms with Crippen LogP contribution in [0.3, 0.4) is 0 Å². The van der Waals surface area contributed by atoms with E-state index in [9.17, 15) is 10.1 Å². The molecule has 0 aliphatic rings. The Morgan fingerprint density at radius 1 is 1.39 bits per heavy atom. The molecule has 0 spiro atoms. The van der Waals surface area contributed by atoms with Crippen molar-refractivity contribution in [2.24, 2.45) is 0 Å². The highest BCUT2D eigenvalue weighted by atomic mass is 32.1. The maximum Gasteiger partial charge on any atom is 0.272 e. The molecule has 0 saturated heterocycles. The number of para-hydroxylation sites is 1. The molecule has 0 saturated carbocycles. The highest BCUT2D eigenvalue weighted by Crippen LogP contribution is 2.16. The van der Waals surface area contributed by atoms with Gasteiger partial charge in [0, 0.05) is 17.1 Å². The Labute approximate surface area is 137 Å². The Bertz CT molecular complexity index is 862. The van der Waals surface area contributed by atoms with E-state index in [4.69, 9.17) is 0 Å². The van der Waals surface area contributed by atoms with Crippen molar-refractivity contribution in [3.63, 3.8) is 0 Å². The zero-order valence-corrected chi connectivity index (χ0v) is 13.1. The van der Waals surface area contributed by atoms with Crippen molar-refractivity contribution in [1.29, 1.82) is 5.26 Å². The van der Waals surface area contributed by atoms with Gasteiger partial charge in [0.1, 0.15) is 11.7 Å². The lowest BCUT2D eigenvalue weighted by Crippen LogP contribution is -2.27. The summed E-state index contributed by atoms with van der Waals surface area (Å²) in [6.45, 7) is 1.83. The maximum atomic E-state index is 12.1. The van der Waals surface area contributed by atoms with Gasteiger partial charge in [-0.3, -0.25) is 4.79 Å². The van der Waals surface area contributed by atoms with Crippen molar-refractivity contribution < 1.29 is 4.79 Å². The molecule has 3 rings (SSSR count). The third-order valence-electron chi connectivity index (χ3n) is 3.21. The number of aryl methyl sites for hydroxylation is 1. The molecule has 2 heterocycles. The standard InChI is InChI=1S/C16H13N5OS/c1-11-19-15(10-23-11)16(22)20-14(7-17)12-8-18-21(9-12)13-5-3-2-4-6-13/h2-6,8-10,14H,1H3,(H,20,22)/t14-/m0/s1. The van der Waals surface area contributed by atoms with E-state index >= 15 is 0 Å². The zero-order chi connectivity index (χ0) is 16.2. The molecule has 2 aromatic heterocycles. The van der Waals surface area contributed by atoms with Gasteiger partial charge in [0.15, 0.2) is 0 Å². The van der Waals surface area contributed by atoms with Gasteiger partial charge in [-0.2, -0.15) is 10.4 Å². The number of hydrogen-bond acceptors (Lipinski definition) is 5. The smallest absolute Gasteiger partial charge is 0.272 e. The average molecular weight is 323 g/mol. The summed E-state index contributed by atoms with van der Waals surface area (Å²) in [5.74, 6) is -0.367. The molecule has 7 heteroatoms. The first-order chi connectivity index (χ1) is 11.2. The lowest BCUT2D eigenvalue weighted by atomic mass is 10.2. The van der Waals surface area contributed by atoms with Crippen LogP contribution in [-0.4, -0.2) is 20.7 Å². The van der Waals surface area contributed by atoms with Gasteiger partial charge < -0.3 is 5.32 Å². The van der Waals surface area contributed by atoms with Gasteiger partial charge in [0.2, 0.25) is 0 Å². The van der Waals surface area contributed by atoms with E-state index in [1.165, 1.54) is 11.3 Å². The summed E-state index contributed by atoms with van der Waals surface area (Å²) >= 11 is 1.39. The molecule has 0 bridgehead atoms. The van der Waals surface area contributed by atoms with Crippen molar-refractivity contribution in [2.75, 3.05) is 0 Å². The number of thiazole rings is 1. The number of aromatic nitrogens is 3. The summed E-state index contributed by atoms with van der Waals surface area (Å²) in [5.41, 5.74) is 1.83. The Kier molecular flexibility index (Phi) is 4.17. The van der Waals surface area contributed by atoms with E-state index in [0.29, 0.717) is 11.3 Å². The quantitative estimate of drug-likeness (QED) is 0.800. The average Bonchev–Trinajstić information content (AvgIpc) is 3.22. The number of amides is 1. The second-order valence-electron chi connectivity index (χ2n) is 4.84. The number of carbonyl (C=O) groups is 1. The fraction of sp³-hybridized carbons (Fsp3) is 0.125. The summed E-state index contributed by atoms with van der Waals surface area (Å²) in [6.07, 6.45) is 3.31. The van der Waals surface area contributed by atoms with Gasteiger partial charge in [-0.25, -0.2) is 9.67 Å². The number of hydrogen-bond donors (Lipinski definition) is 1. The Morgan fingerprint density at radius 2 is 2.17 bits per heavy atom. The lowest BCUT2D eigenvalue weighted by molar-refractivity contribution is 0.0940. The van der Waals surface area contributed by atoms with Crippen LogP contribution >= 0.6 is 11.3 Å².